The third-order valence-electron chi connectivity index (χ3n) is 6.76. The van der Waals surface area contributed by atoms with E-state index in [0.29, 0.717) is 4.90 Å². The van der Waals surface area contributed by atoms with Crippen LogP contribution in [0.1, 0.15) is 50.7 Å². The molecule has 1 aliphatic heterocycles. The van der Waals surface area contributed by atoms with Gasteiger partial charge < -0.3 is 4.90 Å². The average molecular weight is 454 g/mol. The van der Waals surface area contributed by atoms with Crippen molar-refractivity contribution >= 4 is 10.0 Å². The summed E-state index contributed by atoms with van der Waals surface area (Å²) in [6.45, 7) is 8.87. The maximum Gasteiger partial charge on any atom is 0.240 e. The van der Waals surface area contributed by atoms with Crippen molar-refractivity contribution in [3.63, 3.8) is 0 Å². The van der Waals surface area contributed by atoms with Crippen LogP contribution >= 0.6 is 0 Å². The minimum atomic E-state index is -3.48. The predicted octanol–water partition coefficient (Wildman–Crippen LogP) is 4.64. The van der Waals surface area contributed by atoms with Crippen molar-refractivity contribution in [3.05, 3.63) is 65.7 Å². The van der Waals surface area contributed by atoms with Crippen LogP contribution in [0.3, 0.4) is 0 Å². The monoisotopic (exact) mass is 453 g/mol. The first-order valence-electron chi connectivity index (χ1n) is 11.5. The molecule has 1 atom stereocenters. The summed E-state index contributed by atoms with van der Waals surface area (Å²) in [5.41, 5.74) is 1.67. The van der Waals surface area contributed by atoms with Crippen LogP contribution in [0.2, 0.25) is 0 Å². The Morgan fingerprint density at radius 2 is 1.72 bits per heavy atom. The molecule has 0 aromatic heterocycles. The van der Waals surface area contributed by atoms with Gasteiger partial charge in [0.15, 0.2) is 0 Å². The zero-order chi connectivity index (χ0) is 23.2. The quantitative estimate of drug-likeness (QED) is 0.600. The molecule has 0 spiro atoms. The Hall–Kier alpha value is -2.20. The Morgan fingerprint density at radius 3 is 2.28 bits per heavy atom. The van der Waals surface area contributed by atoms with E-state index in [9.17, 15) is 13.7 Å². The van der Waals surface area contributed by atoms with E-state index in [0.717, 1.165) is 56.4 Å². The van der Waals surface area contributed by atoms with Crippen LogP contribution in [0, 0.1) is 24.2 Å². The number of sulfonamides is 1. The van der Waals surface area contributed by atoms with Gasteiger partial charge in [0.25, 0.3) is 0 Å². The van der Waals surface area contributed by atoms with Gasteiger partial charge in [0, 0.05) is 6.04 Å². The van der Waals surface area contributed by atoms with Gasteiger partial charge >= 0.3 is 0 Å². The molecule has 6 heteroatoms. The zero-order valence-corrected chi connectivity index (χ0v) is 20.2. The number of likely N-dealkylation sites (tertiary alicyclic amines) is 1. The van der Waals surface area contributed by atoms with E-state index >= 15 is 0 Å². The van der Waals surface area contributed by atoms with Crippen LogP contribution in [-0.2, 0) is 15.4 Å². The van der Waals surface area contributed by atoms with Crippen LogP contribution in [0.4, 0.5) is 0 Å². The topological polar surface area (TPSA) is 73.2 Å². The molecule has 1 heterocycles. The van der Waals surface area contributed by atoms with Crippen LogP contribution in [0.25, 0.3) is 0 Å². The number of aryl methyl sites for hydroxylation is 1. The number of nitrogens with zero attached hydrogens (tertiary/aromatic N) is 2. The predicted molar refractivity (Wildman–Crippen MR) is 129 cm³/mol. The Balaban J connectivity index is 1.51. The highest BCUT2D eigenvalue weighted by Crippen LogP contribution is 2.36. The van der Waals surface area contributed by atoms with Crippen molar-refractivity contribution in [1.82, 2.24) is 9.62 Å². The lowest BCUT2D eigenvalue weighted by Crippen LogP contribution is -2.45. The Labute approximate surface area is 193 Å². The molecule has 5 nitrogen and oxygen atoms in total. The van der Waals surface area contributed by atoms with Crippen LogP contribution in [0.15, 0.2) is 59.5 Å². The second-order valence-electron chi connectivity index (χ2n) is 9.26. The van der Waals surface area contributed by atoms with Crippen LogP contribution in [0.5, 0.6) is 0 Å². The third-order valence-corrected chi connectivity index (χ3v) is 8.30. The minimum Gasteiger partial charge on any atom is -0.303 e. The number of nitriles is 1. The molecular formula is C26H35N3O2S. The van der Waals surface area contributed by atoms with Crippen molar-refractivity contribution in [2.24, 2.45) is 5.92 Å². The van der Waals surface area contributed by atoms with Gasteiger partial charge in [-0.05, 0) is 75.9 Å². The molecule has 0 radical (unpaired) electrons. The first-order valence-corrected chi connectivity index (χ1v) is 13.0. The second-order valence-corrected chi connectivity index (χ2v) is 11.0. The van der Waals surface area contributed by atoms with Crippen molar-refractivity contribution < 1.29 is 8.42 Å². The van der Waals surface area contributed by atoms with E-state index in [2.05, 4.69) is 41.7 Å². The standard InChI is InChI=1S/C26H35N3O2S/c1-21(2)26(20-27,23-8-5-4-6-9-23)16-7-17-29-18-14-24(15-19-29)28-32(30,31)25-12-10-22(3)11-13-25/h4-6,8-13,21,24,28H,7,14-19H2,1-3H3. The number of hydrogen-bond acceptors (Lipinski definition) is 4. The largest absolute Gasteiger partial charge is 0.303 e. The third kappa shape index (κ3) is 5.78. The van der Waals surface area contributed by atoms with Crippen LogP contribution in [-0.4, -0.2) is 39.0 Å². The van der Waals surface area contributed by atoms with E-state index in [-0.39, 0.29) is 12.0 Å². The first kappa shape index (κ1) is 24.4. The highest BCUT2D eigenvalue weighted by Gasteiger charge is 2.35. The summed E-state index contributed by atoms with van der Waals surface area (Å²) in [6.07, 6.45) is 3.38. The molecule has 3 rings (SSSR count). The molecule has 1 N–H and O–H groups in total. The second kappa shape index (κ2) is 10.6. The van der Waals surface area contributed by atoms with Gasteiger partial charge in [0.2, 0.25) is 10.0 Å². The van der Waals surface area contributed by atoms with Crippen molar-refractivity contribution in [3.8, 4) is 6.07 Å². The van der Waals surface area contributed by atoms with Gasteiger partial charge in [-0.25, -0.2) is 13.1 Å². The molecule has 172 valence electrons. The van der Waals surface area contributed by atoms with Gasteiger partial charge in [-0.15, -0.1) is 0 Å². The Bertz CT molecular complexity index is 1010. The van der Waals surface area contributed by atoms with E-state index < -0.39 is 15.4 Å². The normalized spacial score (nSPS) is 17.7. The fourth-order valence-electron chi connectivity index (χ4n) is 4.61. The number of piperidine rings is 1. The molecule has 2 aromatic rings. The van der Waals surface area contributed by atoms with E-state index in [4.69, 9.17) is 0 Å². The molecule has 1 aliphatic rings. The molecule has 32 heavy (non-hydrogen) atoms. The van der Waals surface area contributed by atoms with Crippen molar-refractivity contribution in [1.29, 1.82) is 5.26 Å². The lowest BCUT2D eigenvalue weighted by molar-refractivity contribution is 0.197. The highest BCUT2D eigenvalue weighted by molar-refractivity contribution is 7.89. The van der Waals surface area contributed by atoms with Gasteiger partial charge in [-0.2, -0.15) is 5.26 Å². The molecule has 2 aromatic carbocycles. The summed E-state index contributed by atoms with van der Waals surface area (Å²) in [5.74, 6) is 0.233. The molecule has 1 fully saturated rings. The number of hydrogen-bond donors (Lipinski definition) is 1. The van der Waals surface area contributed by atoms with E-state index in [1.807, 2.05) is 37.3 Å². The molecule has 1 saturated heterocycles. The van der Waals surface area contributed by atoms with Gasteiger partial charge in [-0.1, -0.05) is 61.9 Å². The fourth-order valence-corrected chi connectivity index (χ4v) is 5.92. The smallest absolute Gasteiger partial charge is 0.240 e. The number of nitrogens with one attached hydrogen (secondary N) is 1. The summed E-state index contributed by atoms with van der Waals surface area (Å²) in [4.78, 5) is 2.72. The summed E-state index contributed by atoms with van der Waals surface area (Å²) in [7, 11) is -3.48. The van der Waals surface area contributed by atoms with Gasteiger partial charge in [-0.3, -0.25) is 0 Å². The molecule has 0 aliphatic carbocycles. The maximum atomic E-state index is 12.7. The molecule has 0 bridgehead atoms. The van der Waals surface area contributed by atoms with Gasteiger partial charge in [0.05, 0.1) is 16.4 Å². The summed E-state index contributed by atoms with van der Waals surface area (Å²) < 4.78 is 28.2. The zero-order valence-electron chi connectivity index (χ0n) is 19.4. The van der Waals surface area contributed by atoms with Crippen molar-refractivity contribution in [2.45, 2.75) is 62.8 Å². The Morgan fingerprint density at radius 1 is 1.09 bits per heavy atom. The summed E-state index contributed by atoms with van der Waals surface area (Å²) in [5, 5.41) is 10.1. The first-order chi connectivity index (χ1) is 15.3. The van der Waals surface area contributed by atoms with Crippen LogP contribution < -0.4 is 4.72 Å². The lowest BCUT2D eigenvalue weighted by Gasteiger charge is -2.35. The average Bonchev–Trinajstić information content (AvgIpc) is 2.78. The molecule has 0 amide bonds. The van der Waals surface area contributed by atoms with E-state index in [1.165, 1.54) is 0 Å². The van der Waals surface area contributed by atoms with Gasteiger partial charge in [0.1, 0.15) is 0 Å². The highest BCUT2D eigenvalue weighted by atomic mass is 32.2. The summed E-state index contributed by atoms with van der Waals surface area (Å²) >= 11 is 0. The summed E-state index contributed by atoms with van der Waals surface area (Å²) in [6, 6.07) is 19.7. The Kier molecular flexibility index (Phi) is 8.10. The van der Waals surface area contributed by atoms with Crippen molar-refractivity contribution in [2.75, 3.05) is 19.6 Å². The molecule has 0 saturated carbocycles. The number of benzene rings is 2. The van der Waals surface area contributed by atoms with E-state index in [1.54, 1.807) is 12.1 Å². The lowest BCUT2D eigenvalue weighted by atomic mass is 9.70. The molecule has 1 unspecified atom stereocenters. The number of rotatable bonds is 9. The molecular weight excluding hydrogens is 418 g/mol. The fraction of sp³-hybridized carbons (Fsp3) is 0.500. The SMILES string of the molecule is Cc1ccc(S(=O)(=O)NC2CCN(CCCC(C#N)(c3ccccc3)C(C)C)CC2)cc1. The maximum absolute atomic E-state index is 12.7. The minimum absolute atomic E-state index is 0.0317.